The highest BCUT2D eigenvalue weighted by molar-refractivity contribution is 5.85. The van der Waals surface area contributed by atoms with Crippen LogP contribution in [0.3, 0.4) is 0 Å². The zero-order valence-electron chi connectivity index (χ0n) is 10.8. The molecule has 2 N–H and O–H groups in total. The largest absolute Gasteiger partial charge is 0.478 e. The third kappa shape index (κ3) is 7.46. The molecule has 0 bridgehead atoms. The smallest absolute Gasteiger partial charge is 0.330 e. The third-order valence-electron chi connectivity index (χ3n) is 2.70. The zero-order chi connectivity index (χ0) is 12.4. The fraction of sp³-hybridized carbons (Fsp3) is 0.769. The Morgan fingerprint density at radius 2 is 2.00 bits per heavy atom. The molecule has 0 rings (SSSR count). The Morgan fingerprint density at radius 3 is 2.50 bits per heavy atom. The minimum absolute atomic E-state index is 0.415. The van der Waals surface area contributed by atoms with Crippen LogP contribution in [0.15, 0.2) is 11.6 Å². The van der Waals surface area contributed by atoms with E-state index in [1.807, 2.05) is 0 Å². The predicted octanol–water partition coefficient (Wildman–Crippen LogP) is 2.97. The minimum atomic E-state index is -0.831. The van der Waals surface area contributed by atoms with Crippen molar-refractivity contribution in [2.24, 2.45) is 0 Å². The van der Waals surface area contributed by atoms with Gasteiger partial charge in [0.2, 0.25) is 0 Å². The highest BCUT2D eigenvalue weighted by Gasteiger charge is 2.05. The van der Waals surface area contributed by atoms with Crippen LogP contribution in [-0.4, -0.2) is 23.7 Å². The summed E-state index contributed by atoms with van der Waals surface area (Å²) in [5.74, 6) is -0.831. The van der Waals surface area contributed by atoms with E-state index in [4.69, 9.17) is 5.11 Å². The number of aliphatic carboxylic acids is 1. The Balaban J connectivity index is 3.91. The fourth-order valence-electron chi connectivity index (χ4n) is 1.61. The number of hydrogen-bond donors (Lipinski definition) is 2. The normalized spacial score (nSPS) is 13.8. The van der Waals surface area contributed by atoms with Crippen LogP contribution >= 0.6 is 0 Å². The van der Waals surface area contributed by atoms with Crippen molar-refractivity contribution < 1.29 is 9.90 Å². The van der Waals surface area contributed by atoms with Crippen LogP contribution in [-0.2, 0) is 4.79 Å². The van der Waals surface area contributed by atoms with Crippen LogP contribution in [0.2, 0.25) is 0 Å². The fourth-order valence-corrected chi connectivity index (χ4v) is 1.61. The SMILES string of the molecule is CCCCC(CCC)NC/C=C(/C)C(=O)O. The van der Waals surface area contributed by atoms with Gasteiger partial charge >= 0.3 is 5.97 Å². The topological polar surface area (TPSA) is 49.3 Å². The molecular formula is C13H25NO2. The molecule has 3 heteroatoms. The lowest BCUT2D eigenvalue weighted by Gasteiger charge is -2.16. The number of carboxylic acids is 1. The molecule has 0 aromatic rings. The van der Waals surface area contributed by atoms with Gasteiger partial charge in [0.15, 0.2) is 0 Å². The number of nitrogens with one attached hydrogen (secondary N) is 1. The minimum Gasteiger partial charge on any atom is -0.478 e. The molecule has 1 unspecified atom stereocenters. The van der Waals surface area contributed by atoms with Crippen molar-refractivity contribution in [3.8, 4) is 0 Å². The standard InChI is InChI=1S/C13H25NO2/c1-4-6-8-12(7-5-2)14-10-9-11(3)13(15)16/h9,12,14H,4-8,10H2,1-3H3,(H,15,16)/b11-9-. The number of carbonyl (C=O) groups is 1. The number of hydrogen-bond acceptors (Lipinski definition) is 2. The number of unbranched alkanes of at least 4 members (excludes halogenated alkanes) is 1. The van der Waals surface area contributed by atoms with Gasteiger partial charge in [0.05, 0.1) is 0 Å². The maximum atomic E-state index is 10.6. The van der Waals surface area contributed by atoms with Crippen molar-refractivity contribution >= 4 is 5.97 Å². The summed E-state index contributed by atoms with van der Waals surface area (Å²) in [6, 6.07) is 0.530. The molecule has 0 aromatic heterocycles. The van der Waals surface area contributed by atoms with E-state index in [0.717, 1.165) is 0 Å². The van der Waals surface area contributed by atoms with Gasteiger partial charge in [-0.3, -0.25) is 0 Å². The summed E-state index contributed by atoms with van der Waals surface area (Å²) < 4.78 is 0. The molecule has 16 heavy (non-hydrogen) atoms. The second kappa shape index (κ2) is 9.40. The summed E-state index contributed by atoms with van der Waals surface area (Å²) in [6.07, 6.45) is 7.72. The molecule has 0 aliphatic carbocycles. The van der Waals surface area contributed by atoms with Gasteiger partial charge in [0.25, 0.3) is 0 Å². The summed E-state index contributed by atoms with van der Waals surface area (Å²) in [5, 5.41) is 12.1. The second-order valence-electron chi connectivity index (χ2n) is 4.23. The molecule has 0 amide bonds. The van der Waals surface area contributed by atoms with Crippen LogP contribution in [0.5, 0.6) is 0 Å². The third-order valence-corrected chi connectivity index (χ3v) is 2.70. The lowest BCUT2D eigenvalue weighted by atomic mass is 10.1. The quantitative estimate of drug-likeness (QED) is 0.595. The number of carboxylic acid groups (broad SMARTS) is 1. The van der Waals surface area contributed by atoms with E-state index < -0.39 is 5.97 Å². The first kappa shape index (κ1) is 15.2. The molecule has 0 heterocycles. The highest BCUT2D eigenvalue weighted by Crippen LogP contribution is 2.06. The van der Waals surface area contributed by atoms with E-state index in [9.17, 15) is 4.79 Å². The van der Waals surface area contributed by atoms with Crippen LogP contribution in [0.4, 0.5) is 0 Å². The molecule has 0 spiro atoms. The molecule has 0 fully saturated rings. The van der Waals surface area contributed by atoms with Crippen LogP contribution in [0.25, 0.3) is 0 Å². The Morgan fingerprint density at radius 1 is 1.31 bits per heavy atom. The van der Waals surface area contributed by atoms with E-state index in [-0.39, 0.29) is 0 Å². The maximum absolute atomic E-state index is 10.6. The average Bonchev–Trinajstić information content (AvgIpc) is 2.25. The van der Waals surface area contributed by atoms with Crippen LogP contribution in [0, 0.1) is 0 Å². The van der Waals surface area contributed by atoms with Gasteiger partial charge < -0.3 is 10.4 Å². The Labute approximate surface area is 98.9 Å². The Bertz CT molecular complexity index is 224. The summed E-state index contributed by atoms with van der Waals surface area (Å²) in [6.45, 7) is 6.66. The molecule has 0 radical (unpaired) electrons. The first-order chi connectivity index (χ1) is 7.61. The van der Waals surface area contributed by atoms with Crippen molar-refractivity contribution in [3.63, 3.8) is 0 Å². The van der Waals surface area contributed by atoms with Gasteiger partial charge in [-0.2, -0.15) is 0 Å². The van der Waals surface area contributed by atoms with Crippen molar-refractivity contribution in [1.82, 2.24) is 5.32 Å². The summed E-state index contributed by atoms with van der Waals surface area (Å²) in [5.41, 5.74) is 0.415. The lowest BCUT2D eigenvalue weighted by molar-refractivity contribution is -0.132. The molecule has 1 atom stereocenters. The van der Waals surface area contributed by atoms with Crippen molar-refractivity contribution in [2.45, 2.75) is 58.9 Å². The summed E-state index contributed by atoms with van der Waals surface area (Å²) in [4.78, 5) is 10.6. The van der Waals surface area contributed by atoms with Gasteiger partial charge in [-0.15, -0.1) is 0 Å². The highest BCUT2D eigenvalue weighted by atomic mass is 16.4. The van der Waals surface area contributed by atoms with Gasteiger partial charge in [0.1, 0.15) is 0 Å². The Kier molecular flexibility index (Phi) is 8.91. The Hall–Kier alpha value is -0.830. The molecule has 0 saturated carbocycles. The molecule has 3 nitrogen and oxygen atoms in total. The molecule has 0 saturated heterocycles. The predicted molar refractivity (Wildman–Crippen MR) is 67.6 cm³/mol. The van der Waals surface area contributed by atoms with E-state index in [2.05, 4.69) is 19.2 Å². The lowest BCUT2D eigenvalue weighted by Crippen LogP contribution is -2.29. The maximum Gasteiger partial charge on any atom is 0.330 e. The number of rotatable bonds is 9. The average molecular weight is 227 g/mol. The van der Waals surface area contributed by atoms with E-state index in [0.29, 0.717) is 18.2 Å². The summed E-state index contributed by atoms with van der Waals surface area (Å²) in [7, 11) is 0. The van der Waals surface area contributed by atoms with Gasteiger partial charge in [0, 0.05) is 18.2 Å². The van der Waals surface area contributed by atoms with Gasteiger partial charge in [-0.05, 0) is 19.8 Å². The zero-order valence-corrected chi connectivity index (χ0v) is 10.8. The summed E-state index contributed by atoms with van der Waals surface area (Å²) >= 11 is 0. The van der Waals surface area contributed by atoms with E-state index in [1.54, 1.807) is 13.0 Å². The van der Waals surface area contributed by atoms with E-state index >= 15 is 0 Å². The van der Waals surface area contributed by atoms with Crippen molar-refractivity contribution in [3.05, 3.63) is 11.6 Å². The first-order valence-electron chi connectivity index (χ1n) is 6.25. The van der Waals surface area contributed by atoms with Crippen LogP contribution in [0.1, 0.15) is 52.9 Å². The molecule has 0 aromatic carbocycles. The van der Waals surface area contributed by atoms with Gasteiger partial charge in [-0.1, -0.05) is 39.2 Å². The molecule has 0 aliphatic heterocycles. The van der Waals surface area contributed by atoms with Crippen LogP contribution < -0.4 is 5.32 Å². The van der Waals surface area contributed by atoms with Crippen molar-refractivity contribution in [2.75, 3.05) is 6.54 Å². The van der Waals surface area contributed by atoms with Crippen molar-refractivity contribution in [1.29, 1.82) is 0 Å². The monoisotopic (exact) mass is 227 g/mol. The van der Waals surface area contributed by atoms with Gasteiger partial charge in [-0.25, -0.2) is 4.79 Å². The first-order valence-corrected chi connectivity index (χ1v) is 6.25. The molecule has 0 aliphatic rings. The second-order valence-corrected chi connectivity index (χ2v) is 4.23. The van der Waals surface area contributed by atoms with E-state index in [1.165, 1.54) is 32.1 Å². The molecule has 94 valence electrons. The molecular weight excluding hydrogens is 202 g/mol.